The van der Waals surface area contributed by atoms with Crippen molar-refractivity contribution in [1.29, 1.82) is 5.26 Å². The fourth-order valence-electron chi connectivity index (χ4n) is 2.97. The van der Waals surface area contributed by atoms with Crippen molar-refractivity contribution >= 4 is 27.6 Å². The number of aromatic nitrogens is 5. The monoisotopic (exact) mass is 331 g/mol. The standard InChI is InChI=1S/C18H17N7/c19-7-2-1-3-9-24-12-15-17(23-24)14-6-5-13(25-10-4-8-21-25)11-16(14)22-18(15)20/h4-6,8,10-12H,1-3,9H2,(H2,20,22). The number of anilines is 1. The molecule has 0 radical (unpaired) electrons. The molecule has 7 nitrogen and oxygen atoms in total. The van der Waals surface area contributed by atoms with Gasteiger partial charge in [-0.05, 0) is 37.1 Å². The van der Waals surface area contributed by atoms with Crippen LogP contribution in [-0.4, -0.2) is 24.5 Å². The van der Waals surface area contributed by atoms with Gasteiger partial charge in [0.05, 0.1) is 22.7 Å². The van der Waals surface area contributed by atoms with Gasteiger partial charge in [0.2, 0.25) is 0 Å². The van der Waals surface area contributed by atoms with Crippen molar-refractivity contribution in [3.63, 3.8) is 0 Å². The minimum Gasteiger partial charge on any atom is -0.383 e. The SMILES string of the molecule is N#CCCCCn1cc2c(N)nc3cc(-n4cccn4)ccc3c2n1. The predicted octanol–water partition coefficient (Wildman–Crippen LogP) is 3.05. The summed E-state index contributed by atoms with van der Waals surface area (Å²) < 4.78 is 3.68. The molecular formula is C18H17N7. The molecule has 0 fully saturated rings. The number of nitrogens with two attached hydrogens (primary N) is 1. The quantitative estimate of drug-likeness (QED) is 0.567. The molecule has 0 bridgehead atoms. The second kappa shape index (κ2) is 6.24. The largest absolute Gasteiger partial charge is 0.383 e. The molecule has 4 aromatic rings. The summed E-state index contributed by atoms with van der Waals surface area (Å²) in [6, 6.07) is 10.0. The molecule has 0 spiro atoms. The number of rotatable bonds is 5. The van der Waals surface area contributed by atoms with Gasteiger partial charge in [0.1, 0.15) is 11.3 Å². The first kappa shape index (κ1) is 15.1. The van der Waals surface area contributed by atoms with Crippen LogP contribution in [0.4, 0.5) is 5.82 Å². The fourth-order valence-corrected chi connectivity index (χ4v) is 2.97. The van der Waals surface area contributed by atoms with Crippen LogP contribution in [0.1, 0.15) is 19.3 Å². The number of benzene rings is 1. The predicted molar refractivity (Wildman–Crippen MR) is 96.0 cm³/mol. The molecule has 3 heterocycles. The van der Waals surface area contributed by atoms with Crippen LogP contribution < -0.4 is 5.73 Å². The Labute approximate surface area is 144 Å². The van der Waals surface area contributed by atoms with Crippen molar-refractivity contribution < 1.29 is 0 Å². The summed E-state index contributed by atoms with van der Waals surface area (Å²) in [4.78, 5) is 4.54. The van der Waals surface area contributed by atoms with Gasteiger partial charge in [-0.25, -0.2) is 9.67 Å². The van der Waals surface area contributed by atoms with E-state index < -0.39 is 0 Å². The van der Waals surface area contributed by atoms with Gasteiger partial charge in [-0.1, -0.05) is 0 Å². The molecule has 0 unspecified atom stereocenters. The van der Waals surface area contributed by atoms with E-state index in [0.717, 1.165) is 46.9 Å². The highest BCUT2D eigenvalue weighted by atomic mass is 15.3. The lowest BCUT2D eigenvalue weighted by molar-refractivity contribution is 0.566. The highest BCUT2D eigenvalue weighted by Gasteiger charge is 2.11. The summed E-state index contributed by atoms with van der Waals surface area (Å²) in [6.07, 6.45) is 7.92. The van der Waals surface area contributed by atoms with Gasteiger partial charge in [0.25, 0.3) is 0 Å². The molecule has 0 amide bonds. The van der Waals surface area contributed by atoms with E-state index in [4.69, 9.17) is 11.0 Å². The average molecular weight is 331 g/mol. The number of nitriles is 1. The van der Waals surface area contributed by atoms with Crippen molar-refractivity contribution in [2.24, 2.45) is 0 Å². The Hall–Kier alpha value is -3.40. The second-order valence-electron chi connectivity index (χ2n) is 5.92. The van der Waals surface area contributed by atoms with E-state index in [2.05, 4.69) is 21.3 Å². The molecule has 2 N–H and O–H groups in total. The normalized spacial score (nSPS) is 11.2. The lowest BCUT2D eigenvalue weighted by Gasteiger charge is -2.05. The fraction of sp³-hybridized carbons (Fsp3) is 0.222. The van der Waals surface area contributed by atoms with Crippen molar-refractivity contribution in [2.45, 2.75) is 25.8 Å². The van der Waals surface area contributed by atoms with Crippen LogP contribution in [0.15, 0.2) is 42.9 Å². The summed E-state index contributed by atoms with van der Waals surface area (Å²) in [5.74, 6) is 0.475. The van der Waals surface area contributed by atoms with E-state index in [-0.39, 0.29) is 0 Å². The lowest BCUT2D eigenvalue weighted by atomic mass is 10.1. The molecule has 1 aromatic carbocycles. The summed E-state index contributed by atoms with van der Waals surface area (Å²) in [5.41, 5.74) is 8.74. The van der Waals surface area contributed by atoms with Gasteiger partial charge < -0.3 is 5.73 Å². The van der Waals surface area contributed by atoms with Crippen molar-refractivity contribution in [3.05, 3.63) is 42.9 Å². The summed E-state index contributed by atoms with van der Waals surface area (Å²) in [5, 5.41) is 19.4. The Morgan fingerprint density at radius 2 is 2.12 bits per heavy atom. The Morgan fingerprint density at radius 1 is 1.20 bits per heavy atom. The van der Waals surface area contributed by atoms with E-state index >= 15 is 0 Å². The highest BCUT2D eigenvalue weighted by Crippen LogP contribution is 2.28. The molecule has 0 aliphatic rings. The zero-order chi connectivity index (χ0) is 17.2. The summed E-state index contributed by atoms with van der Waals surface area (Å²) >= 11 is 0. The van der Waals surface area contributed by atoms with Crippen LogP contribution in [0.2, 0.25) is 0 Å². The first-order chi connectivity index (χ1) is 12.3. The second-order valence-corrected chi connectivity index (χ2v) is 5.92. The zero-order valence-corrected chi connectivity index (χ0v) is 13.6. The Balaban J connectivity index is 1.75. The smallest absolute Gasteiger partial charge is 0.135 e. The molecule has 0 atom stereocenters. The van der Waals surface area contributed by atoms with Gasteiger partial charge in [0, 0.05) is 36.9 Å². The molecule has 25 heavy (non-hydrogen) atoms. The molecule has 0 saturated heterocycles. The third-order valence-electron chi connectivity index (χ3n) is 4.21. The minimum absolute atomic E-state index is 0.475. The van der Waals surface area contributed by atoms with Gasteiger partial charge in [-0.3, -0.25) is 4.68 Å². The van der Waals surface area contributed by atoms with Gasteiger partial charge in [-0.2, -0.15) is 15.5 Å². The molecule has 124 valence electrons. The molecule has 7 heteroatoms. The average Bonchev–Trinajstić information content (AvgIpc) is 3.28. The molecular weight excluding hydrogens is 314 g/mol. The lowest BCUT2D eigenvalue weighted by Crippen LogP contribution is -1.98. The van der Waals surface area contributed by atoms with Gasteiger partial charge in [0.15, 0.2) is 0 Å². The molecule has 0 saturated carbocycles. The van der Waals surface area contributed by atoms with Gasteiger partial charge >= 0.3 is 0 Å². The molecule has 3 aromatic heterocycles. The molecule has 0 aliphatic heterocycles. The highest BCUT2D eigenvalue weighted by molar-refractivity contribution is 6.07. The third-order valence-corrected chi connectivity index (χ3v) is 4.21. The van der Waals surface area contributed by atoms with Crippen LogP contribution in [-0.2, 0) is 6.54 Å². The number of hydrogen-bond acceptors (Lipinski definition) is 5. The molecule has 4 rings (SSSR count). The van der Waals surface area contributed by atoms with Crippen LogP contribution in [0.25, 0.3) is 27.5 Å². The maximum absolute atomic E-state index is 8.62. The van der Waals surface area contributed by atoms with Crippen molar-refractivity contribution in [2.75, 3.05) is 5.73 Å². The summed E-state index contributed by atoms with van der Waals surface area (Å²) in [7, 11) is 0. The minimum atomic E-state index is 0.475. The maximum atomic E-state index is 8.62. The Morgan fingerprint density at radius 3 is 2.92 bits per heavy atom. The van der Waals surface area contributed by atoms with E-state index in [0.29, 0.717) is 12.2 Å². The van der Waals surface area contributed by atoms with E-state index in [9.17, 15) is 0 Å². The number of nitrogen functional groups attached to an aromatic ring is 1. The third kappa shape index (κ3) is 2.78. The van der Waals surface area contributed by atoms with Crippen LogP contribution in [0, 0.1) is 11.3 Å². The van der Waals surface area contributed by atoms with E-state index in [1.54, 1.807) is 10.9 Å². The van der Waals surface area contributed by atoms with Gasteiger partial charge in [-0.15, -0.1) is 0 Å². The Kier molecular flexibility index (Phi) is 3.78. The van der Waals surface area contributed by atoms with E-state index in [1.165, 1.54) is 0 Å². The molecule has 0 aliphatic carbocycles. The van der Waals surface area contributed by atoms with Crippen LogP contribution >= 0.6 is 0 Å². The van der Waals surface area contributed by atoms with Crippen LogP contribution in [0.5, 0.6) is 0 Å². The number of pyridine rings is 1. The maximum Gasteiger partial charge on any atom is 0.135 e. The topological polar surface area (TPSA) is 98.3 Å². The number of fused-ring (bicyclic) bond motifs is 3. The van der Waals surface area contributed by atoms with Crippen molar-refractivity contribution in [3.8, 4) is 11.8 Å². The number of nitrogens with zero attached hydrogens (tertiary/aromatic N) is 6. The number of unbranched alkanes of at least 4 members (excludes halogenated alkanes) is 2. The van der Waals surface area contributed by atoms with E-state index in [1.807, 2.05) is 41.3 Å². The zero-order valence-electron chi connectivity index (χ0n) is 13.6. The summed E-state index contributed by atoms with van der Waals surface area (Å²) in [6.45, 7) is 0.767. The first-order valence-corrected chi connectivity index (χ1v) is 8.19. The number of hydrogen-bond donors (Lipinski definition) is 1. The Bertz CT molecular complexity index is 1070. The van der Waals surface area contributed by atoms with Crippen LogP contribution in [0.3, 0.4) is 0 Å². The van der Waals surface area contributed by atoms with Crippen molar-refractivity contribution in [1.82, 2.24) is 24.5 Å². The number of aryl methyl sites for hydroxylation is 1. The first-order valence-electron chi connectivity index (χ1n) is 8.19.